The van der Waals surface area contributed by atoms with Crippen LogP contribution in [0.3, 0.4) is 0 Å². The van der Waals surface area contributed by atoms with Crippen LogP contribution in [0, 0.1) is 0 Å². The molecule has 0 bridgehead atoms. The van der Waals surface area contributed by atoms with Gasteiger partial charge >= 0.3 is 48.9 Å². The molecule has 3 N–H and O–H groups in total. The zero-order valence-electron chi connectivity index (χ0n) is 6.37. The van der Waals surface area contributed by atoms with Gasteiger partial charge in [0.1, 0.15) is 0 Å². The Bertz CT molecular complexity index is 137. The van der Waals surface area contributed by atoms with Gasteiger partial charge in [0.05, 0.1) is 5.75 Å². The van der Waals surface area contributed by atoms with Crippen molar-refractivity contribution in [3.63, 3.8) is 0 Å². The maximum atomic E-state index is 9.71. The summed E-state index contributed by atoms with van der Waals surface area (Å²) in [5, 5.41) is 0. The summed E-state index contributed by atoms with van der Waals surface area (Å²) in [6.07, 6.45) is 0. The molecule has 4 nitrogen and oxygen atoms in total. The molecule has 0 aromatic rings. The Balaban J connectivity index is -0.0000000600. The van der Waals surface area contributed by atoms with Gasteiger partial charge in [-0.15, -0.1) is 0 Å². The molecular formula is C2H9BaNO3S. The second kappa shape index (κ2) is 5.24. The van der Waals surface area contributed by atoms with E-state index in [-0.39, 0.29) is 64.0 Å². The Morgan fingerprint density at radius 1 is 1.62 bits per heavy atom. The van der Waals surface area contributed by atoms with E-state index in [2.05, 4.69) is 0 Å². The molecule has 0 aliphatic carbocycles. The van der Waals surface area contributed by atoms with E-state index in [1.54, 1.807) is 0 Å². The molecular weight excluding hydrogens is 255 g/mol. The third kappa shape index (κ3) is 10.4. The van der Waals surface area contributed by atoms with Crippen LogP contribution in [0.15, 0.2) is 0 Å². The predicted molar refractivity (Wildman–Crippen MR) is 33.4 cm³/mol. The normalized spacial score (nSPS) is 10.2. The Morgan fingerprint density at radius 3 is 2.00 bits per heavy atom. The van der Waals surface area contributed by atoms with Crippen molar-refractivity contribution in [2.45, 2.75) is 0 Å². The molecule has 0 heterocycles. The molecule has 0 aliphatic heterocycles. The Hall–Kier alpha value is 1.44. The molecule has 0 amide bonds. The molecule has 0 spiro atoms. The van der Waals surface area contributed by atoms with Crippen molar-refractivity contribution < 1.29 is 15.8 Å². The van der Waals surface area contributed by atoms with Crippen LogP contribution in [-0.2, 0) is 10.1 Å². The molecule has 0 radical (unpaired) electrons. The summed E-state index contributed by atoms with van der Waals surface area (Å²) in [6.45, 7) is -0.0289. The molecule has 0 rings (SSSR count). The van der Waals surface area contributed by atoms with Crippen LogP contribution in [0.5, 0.6) is 0 Å². The maximum Gasteiger partial charge on any atom is 2.00 e. The van der Waals surface area contributed by atoms with Crippen molar-refractivity contribution >= 4 is 59.0 Å². The van der Waals surface area contributed by atoms with E-state index < -0.39 is 10.1 Å². The Labute approximate surface area is 91.6 Å². The summed E-state index contributed by atoms with van der Waals surface area (Å²) >= 11 is 0. The minimum absolute atomic E-state index is 0. The van der Waals surface area contributed by atoms with Gasteiger partial charge in [0.15, 0.2) is 0 Å². The van der Waals surface area contributed by atoms with E-state index in [1.165, 1.54) is 0 Å². The van der Waals surface area contributed by atoms with Crippen LogP contribution >= 0.6 is 0 Å². The number of hydrogen-bond acceptors (Lipinski definition) is 3. The molecule has 0 saturated carbocycles. The van der Waals surface area contributed by atoms with Gasteiger partial charge in [0.25, 0.3) is 10.1 Å². The van der Waals surface area contributed by atoms with Gasteiger partial charge < -0.3 is 8.59 Å². The summed E-state index contributed by atoms with van der Waals surface area (Å²) in [7, 11) is -3.80. The molecule has 0 aliphatic rings. The molecule has 48 valence electrons. The molecule has 6 heteroatoms. The first-order valence-electron chi connectivity index (χ1n) is 1.71. The Morgan fingerprint density at radius 2 is 2.00 bits per heavy atom. The fourth-order valence-corrected chi connectivity index (χ4v) is 0.447. The van der Waals surface area contributed by atoms with Gasteiger partial charge in [0, 0.05) is 6.54 Å². The standard InChI is InChI=1S/C2H7NO3S.Ba.2H/c3-1-2-7(4,5)6;;;/h1-3H2,(H,4,5,6);;;/q;+2;2*-1. The zero-order chi connectivity index (χ0) is 5.91. The van der Waals surface area contributed by atoms with Crippen molar-refractivity contribution in [2.75, 3.05) is 12.3 Å². The van der Waals surface area contributed by atoms with Crippen molar-refractivity contribution in [2.24, 2.45) is 5.73 Å². The van der Waals surface area contributed by atoms with E-state index in [4.69, 9.17) is 10.3 Å². The predicted octanol–water partition coefficient (Wildman–Crippen LogP) is -1.32. The third-order valence-electron chi connectivity index (χ3n) is 0.376. The van der Waals surface area contributed by atoms with Crippen molar-refractivity contribution in [1.29, 1.82) is 0 Å². The number of nitrogens with two attached hydrogens (primary N) is 1. The van der Waals surface area contributed by atoms with Crippen LogP contribution in [0.25, 0.3) is 0 Å². The first-order valence-corrected chi connectivity index (χ1v) is 3.32. The average molecular weight is 264 g/mol. The molecule has 0 saturated heterocycles. The van der Waals surface area contributed by atoms with Gasteiger partial charge in [-0.25, -0.2) is 0 Å². The largest absolute Gasteiger partial charge is 2.00 e. The second-order valence-electron chi connectivity index (χ2n) is 1.07. The zero-order valence-corrected chi connectivity index (χ0v) is 9.63. The van der Waals surface area contributed by atoms with Crippen LogP contribution in [0.1, 0.15) is 2.85 Å². The minimum Gasteiger partial charge on any atom is -1.00 e. The summed E-state index contributed by atoms with van der Waals surface area (Å²) < 4.78 is 27.3. The van der Waals surface area contributed by atoms with Gasteiger partial charge in [-0.2, -0.15) is 8.42 Å². The van der Waals surface area contributed by atoms with Crippen LogP contribution in [0.4, 0.5) is 0 Å². The second-order valence-corrected chi connectivity index (χ2v) is 2.65. The fraction of sp³-hybridized carbons (Fsp3) is 1.00. The van der Waals surface area contributed by atoms with Gasteiger partial charge in [-0.05, 0) is 0 Å². The summed E-state index contributed by atoms with van der Waals surface area (Å²) in [5.74, 6) is -0.354. The van der Waals surface area contributed by atoms with Crippen LogP contribution in [-0.4, -0.2) is 74.1 Å². The van der Waals surface area contributed by atoms with Gasteiger partial charge in [-0.3, -0.25) is 4.55 Å². The molecule has 0 aromatic heterocycles. The third-order valence-corrected chi connectivity index (χ3v) is 1.13. The van der Waals surface area contributed by atoms with E-state index in [0.717, 1.165) is 0 Å². The molecule has 8 heavy (non-hydrogen) atoms. The summed E-state index contributed by atoms with van der Waals surface area (Å²) in [6, 6.07) is 0. The summed E-state index contributed by atoms with van der Waals surface area (Å²) in [5.41, 5.74) is 4.78. The number of hydrogen-bond donors (Lipinski definition) is 2. The van der Waals surface area contributed by atoms with Crippen molar-refractivity contribution in [3.8, 4) is 0 Å². The SMILES string of the molecule is NCCS(=O)(=O)O.[Ba+2].[H-].[H-]. The number of rotatable bonds is 2. The van der Waals surface area contributed by atoms with Crippen molar-refractivity contribution in [1.82, 2.24) is 0 Å². The van der Waals surface area contributed by atoms with Gasteiger partial charge in [-0.1, -0.05) is 0 Å². The summed E-state index contributed by atoms with van der Waals surface area (Å²) in [4.78, 5) is 0. The van der Waals surface area contributed by atoms with Crippen LogP contribution in [0.2, 0.25) is 0 Å². The van der Waals surface area contributed by atoms with Crippen molar-refractivity contribution in [3.05, 3.63) is 0 Å². The minimum atomic E-state index is -3.80. The average Bonchev–Trinajstić information content (AvgIpc) is 1.30. The topological polar surface area (TPSA) is 80.4 Å². The molecule has 0 unspecified atom stereocenters. The quantitative estimate of drug-likeness (QED) is 0.479. The molecule has 0 fully saturated rings. The fourth-order valence-electron chi connectivity index (χ4n) is 0.149. The van der Waals surface area contributed by atoms with E-state index >= 15 is 0 Å². The molecule has 0 aromatic carbocycles. The first-order chi connectivity index (χ1) is 3.06. The van der Waals surface area contributed by atoms with E-state index in [1.807, 2.05) is 0 Å². The first kappa shape index (κ1) is 12.1. The maximum absolute atomic E-state index is 9.71. The van der Waals surface area contributed by atoms with Gasteiger partial charge in [0.2, 0.25) is 0 Å². The Kier molecular flexibility index (Phi) is 7.96. The van der Waals surface area contributed by atoms with E-state index in [9.17, 15) is 8.42 Å². The molecule has 0 atom stereocenters. The monoisotopic (exact) mass is 265 g/mol. The van der Waals surface area contributed by atoms with Crippen LogP contribution < -0.4 is 5.73 Å². The smallest absolute Gasteiger partial charge is 1.00 e. The van der Waals surface area contributed by atoms with E-state index in [0.29, 0.717) is 0 Å².